The summed E-state index contributed by atoms with van der Waals surface area (Å²) in [4.78, 5) is 47.3. The number of likely N-dealkylation sites (N-methyl/N-ethyl adjacent to an activating group) is 2. The van der Waals surface area contributed by atoms with E-state index in [1.54, 1.807) is 23.9 Å². The Labute approximate surface area is 264 Å². The summed E-state index contributed by atoms with van der Waals surface area (Å²) in [6, 6.07) is 0.337. The van der Waals surface area contributed by atoms with Gasteiger partial charge in [0.25, 0.3) is 0 Å². The van der Waals surface area contributed by atoms with Crippen LogP contribution >= 0.6 is 0 Å². The Hall–Kier alpha value is -0.940. The maximum absolute atomic E-state index is 11.8. The van der Waals surface area contributed by atoms with Crippen molar-refractivity contribution < 1.29 is 38.9 Å². The molecule has 2 atom stereocenters. The fourth-order valence-corrected chi connectivity index (χ4v) is 5.27. The normalized spacial score (nSPS) is 17.5. The van der Waals surface area contributed by atoms with Crippen LogP contribution in [-0.2, 0) is 28.7 Å². The number of hydrogen-bond donors (Lipinski definition) is 0. The van der Waals surface area contributed by atoms with E-state index in [9.17, 15) is 29.4 Å². The molecular formula is C28H48CaN2O8. The Morgan fingerprint density at radius 1 is 0.641 bits per heavy atom. The molecule has 0 spiro atoms. The Bertz CT molecular complexity index is 666. The van der Waals surface area contributed by atoms with Gasteiger partial charge in [0.1, 0.15) is 13.2 Å². The molecule has 0 bridgehead atoms. The second kappa shape index (κ2) is 21.8. The molecule has 2 rings (SSSR count). The summed E-state index contributed by atoms with van der Waals surface area (Å²) in [6.45, 7) is 2.61. The van der Waals surface area contributed by atoms with Crippen molar-refractivity contribution in [2.45, 2.75) is 103 Å². The fourth-order valence-electron chi connectivity index (χ4n) is 5.27. The molecule has 0 saturated heterocycles. The van der Waals surface area contributed by atoms with Gasteiger partial charge in [0.05, 0.1) is 25.2 Å². The van der Waals surface area contributed by atoms with Crippen LogP contribution in [0, 0.1) is 11.8 Å². The molecule has 11 heteroatoms. The summed E-state index contributed by atoms with van der Waals surface area (Å²) >= 11 is 0. The van der Waals surface area contributed by atoms with Crippen molar-refractivity contribution in [2.24, 2.45) is 11.8 Å². The first-order chi connectivity index (χ1) is 18.0. The molecule has 0 aromatic heterocycles. The molecule has 0 N–H and O–H groups in total. The zero-order valence-electron chi connectivity index (χ0n) is 24.5. The van der Waals surface area contributed by atoms with E-state index in [1.807, 2.05) is 13.8 Å². The van der Waals surface area contributed by atoms with E-state index in [1.165, 1.54) is 64.2 Å². The zero-order chi connectivity index (χ0) is 28.5. The number of carboxylic acid groups (broad SMARTS) is 2. The smallest absolute Gasteiger partial charge is 0.548 e. The van der Waals surface area contributed by atoms with Crippen molar-refractivity contribution in [1.29, 1.82) is 0 Å². The Morgan fingerprint density at radius 2 is 0.949 bits per heavy atom. The molecule has 220 valence electrons. The van der Waals surface area contributed by atoms with Crippen molar-refractivity contribution in [1.82, 2.24) is 9.80 Å². The number of carbonyl (C=O) groups is 4. The van der Waals surface area contributed by atoms with Crippen LogP contribution in [0.15, 0.2) is 0 Å². The monoisotopic (exact) mass is 580 g/mol. The van der Waals surface area contributed by atoms with Gasteiger partial charge in [-0.3, -0.25) is 9.59 Å². The first-order valence-electron chi connectivity index (χ1n) is 14.1. The van der Waals surface area contributed by atoms with Gasteiger partial charge in [0.2, 0.25) is 11.8 Å². The minimum Gasteiger partial charge on any atom is -0.548 e. The average molecular weight is 581 g/mol. The van der Waals surface area contributed by atoms with Gasteiger partial charge in [-0.25, -0.2) is 0 Å². The van der Waals surface area contributed by atoms with E-state index in [2.05, 4.69) is 0 Å². The number of nitrogens with zero attached hydrogens (tertiary/aromatic N) is 2. The third-order valence-corrected chi connectivity index (χ3v) is 7.80. The molecule has 0 heterocycles. The molecule has 0 aromatic rings. The Morgan fingerprint density at radius 3 is 1.23 bits per heavy atom. The van der Waals surface area contributed by atoms with E-state index < -0.39 is 25.2 Å². The third-order valence-electron chi connectivity index (χ3n) is 7.80. The number of hydrogen-bond acceptors (Lipinski definition) is 8. The van der Waals surface area contributed by atoms with E-state index in [-0.39, 0.29) is 74.9 Å². The molecular weight excluding hydrogens is 532 g/mol. The van der Waals surface area contributed by atoms with E-state index in [0.29, 0.717) is 11.8 Å². The predicted octanol–water partition coefficient (Wildman–Crippen LogP) is 0.760. The van der Waals surface area contributed by atoms with Crippen LogP contribution in [0.4, 0.5) is 0 Å². The molecule has 10 nitrogen and oxygen atoms in total. The van der Waals surface area contributed by atoms with Crippen molar-refractivity contribution >= 4 is 61.5 Å². The number of carbonyl (C=O) groups excluding carboxylic acids is 4. The summed E-state index contributed by atoms with van der Waals surface area (Å²) in [5.41, 5.74) is 0. The maximum Gasteiger partial charge on any atom is 2.00 e. The fraction of sp³-hybridized carbons (Fsp3) is 0.857. The Kier molecular flexibility index (Phi) is 21.2. The first kappa shape index (κ1) is 38.1. The van der Waals surface area contributed by atoms with Gasteiger partial charge in [-0.15, -0.1) is 0 Å². The maximum atomic E-state index is 11.8. The average Bonchev–Trinajstić information content (AvgIpc) is 2.88. The summed E-state index contributed by atoms with van der Waals surface area (Å²) in [5, 5.41) is 20.4. The quantitative estimate of drug-likeness (QED) is 0.275. The minimum atomic E-state index is -1.30. The standard InChI is InChI=1S/2C14H25NO4.Ca/c2*1-11(8-12-6-4-3-5-7-12)15(2)13(16)9-19-10-14(17)18;/h2*11-12H,3-10H2,1-2H3,(H,17,18);/q;;+2/p-2. The van der Waals surface area contributed by atoms with Gasteiger partial charge >= 0.3 is 37.7 Å². The largest absolute Gasteiger partial charge is 2.00 e. The molecule has 39 heavy (non-hydrogen) atoms. The van der Waals surface area contributed by atoms with Gasteiger partial charge < -0.3 is 39.1 Å². The SMILES string of the molecule is CC(CC1CCCCC1)N(C)C(=O)COCC(=O)[O-].CC(CC1CCCCC1)N(C)C(=O)COCC(=O)[O-].[Ca+2]. The molecule has 2 aliphatic carbocycles. The Balaban J connectivity index is 0.000000722. The molecule has 2 amide bonds. The van der Waals surface area contributed by atoms with E-state index in [0.717, 1.165) is 12.8 Å². The van der Waals surface area contributed by atoms with Crippen LogP contribution in [0.5, 0.6) is 0 Å². The molecule has 2 fully saturated rings. The summed E-state index contributed by atoms with van der Waals surface area (Å²) < 4.78 is 9.53. The van der Waals surface area contributed by atoms with E-state index in [4.69, 9.17) is 9.47 Å². The van der Waals surface area contributed by atoms with Gasteiger partial charge in [0.15, 0.2) is 0 Å². The van der Waals surface area contributed by atoms with Crippen molar-refractivity contribution in [3.63, 3.8) is 0 Å². The first-order valence-corrected chi connectivity index (χ1v) is 14.1. The zero-order valence-corrected chi connectivity index (χ0v) is 26.7. The van der Waals surface area contributed by atoms with Crippen LogP contribution in [0.25, 0.3) is 0 Å². The summed E-state index contributed by atoms with van der Waals surface area (Å²) in [7, 11) is 3.50. The molecule has 2 saturated carbocycles. The molecule has 0 aliphatic heterocycles. The predicted molar refractivity (Wildman–Crippen MR) is 144 cm³/mol. The minimum absolute atomic E-state index is 0. The van der Waals surface area contributed by atoms with Crippen LogP contribution in [0.3, 0.4) is 0 Å². The third kappa shape index (κ3) is 17.5. The van der Waals surface area contributed by atoms with Gasteiger partial charge in [-0.05, 0) is 38.5 Å². The van der Waals surface area contributed by atoms with Gasteiger partial charge in [0, 0.05) is 26.2 Å². The second-order valence-electron chi connectivity index (χ2n) is 10.9. The van der Waals surface area contributed by atoms with Crippen LogP contribution < -0.4 is 10.2 Å². The van der Waals surface area contributed by atoms with Crippen molar-refractivity contribution in [3.05, 3.63) is 0 Å². The molecule has 0 radical (unpaired) electrons. The van der Waals surface area contributed by atoms with Crippen LogP contribution in [-0.4, -0.2) is 124 Å². The number of aliphatic carboxylic acids is 2. The second-order valence-corrected chi connectivity index (χ2v) is 10.9. The van der Waals surface area contributed by atoms with Crippen LogP contribution in [0.2, 0.25) is 0 Å². The van der Waals surface area contributed by atoms with Gasteiger partial charge in [-0.1, -0.05) is 64.2 Å². The summed E-state index contributed by atoms with van der Waals surface area (Å²) in [6.07, 6.45) is 14.9. The van der Waals surface area contributed by atoms with Crippen LogP contribution in [0.1, 0.15) is 90.9 Å². The number of ether oxygens (including phenoxy) is 2. The topological polar surface area (TPSA) is 139 Å². The molecule has 2 unspecified atom stereocenters. The number of amides is 2. The number of carboxylic acids is 2. The summed E-state index contributed by atoms with van der Waals surface area (Å²) in [5.74, 6) is -1.53. The number of rotatable bonds is 14. The van der Waals surface area contributed by atoms with E-state index >= 15 is 0 Å². The van der Waals surface area contributed by atoms with Crippen molar-refractivity contribution in [3.8, 4) is 0 Å². The van der Waals surface area contributed by atoms with Crippen molar-refractivity contribution in [2.75, 3.05) is 40.5 Å². The molecule has 0 aromatic carbocycles. The molecule has 2 aliphatic rings. The van der Waals surface area contributed by atoms with Gasteiger partial charge in [-0.2, -0.15) is 0 Å².